The van der Waals surface area contributed by atoms with Crippen LogP contribution in [0.3, 0.4) is 0 Å². The van der Waals surface area contributed by atoms with Crippen molar-refractivity contribution in [2.24, 2.45) is 5.41 Å². The number of aromatic nitrogens is 2. The largest absolute Gasteiger partial charge is 0.384 e. The predicted molar refractivity (Wildman–Crippen MR) is 82.5 cm³/mol. The van der Waals surface area contributed by atoms with Gasteiger partial charge in [-0.3, -0.25) is 0 Å². The Bertz CT molecular complexity index is 440. The summed E-state index contributed by atoms with van der Waals surface area (Å²) in [6.45, 7) is 15.2. The third-order valence-corrected chi connectivity index (χ3v) is 3.60. The van der Waals surface area contributed by atoms with Gasteiger partial charge in [-0.25, -0.2) is 9.97 Å². The van der Waals surface area contributed by atoms with Crippen LogP contribution in [0.1, 0.15) is 54.3 Å². The molecule has 0 aliphatic rings. The second kappa shape index (κ2) is 4.99. The summed E-state index contributed by atoms with van der Waals surface area (Å²) in [5.74, 6) is 2.21. The van der Waals surface area contributed by atoms with Crippen molar-refractivity contribution in [3.8, 4) is 0 Å². The average Bonchev–Trinajstić information content (AvgIpc) is 2.23. The number of nitrogens with zero attached hydrogens (tertiary/aromatic N) is 3. The van der Waals surface area contributed by atoms with E-state index in [1.807, 2.05) is 6.07 Å². The molecule has 1 atom stereocenters. The minimum Gasteiger partial charge on any atom is -0.384 e. The van der Waals surface area contributed by atoms with E-state index in [-0.39, 0.29) is 10.8 Å². The summed E-state index contributed by atoms with van der Waals surface area (Å²) in [5, 5.41) is 0. The molecule has 0 saturated carbocycles. The number of hydrogen-bond acceptors (Lipinski definition) is 4. The molecule has 19 heavy (non-hydrogen) atoms. The van der Waals surface area contributed by atoms with E-state index in [0.717, 1.165) is 11.6 Å². The fourth-order valence-electron chi connectivity index (χ4n) is 1.75. The third-order valence-electron chi connectivity index (χ3n) is 3.60. The van der Waals surface area contributed by atoms with E-state index in [9.17, 15) is 0 Å². The molecule has 2 N–H and O–H groups in total. The maximum atomic E-state index is 5.93. The molecule has 1 aromatic heterocycles. The minimum absolute atomic E-state index is 0.101. The molecule has 0 aliphatic carbocycles. The van der Waals surface area contributed by atoms with Crippen LogP contribution in [0.5, 0.6) is 0 Å². The first-order valence-electron chi connectivity index (χ1n) is 6.81. The SMILES string of the molecule is CC(N(C)c1cc(N)nc(C(C)(C)C)n1)C(C)(C)C. The van der Waals surface area contributed by atoms with Crippen molar-refractivity contribution in [3.05, 3.63) is 11.9 Å². The lowest BCUT2D eigenvalue weighted by molar-refractivity contribution is 0.328. The molecule has 1 heterocycles. The van der Waals surface area contributed by atoms with Gasteiger partial charge in [-0.2, -0.15) is 0 Å². The highest BCUT2D eigenvalue weighted by atomic mass is 15.2. The van der Waals surface area contributed by atoms with E-state index >= 15 is 0 Å². The van der Waals surface area contributed by atoms with Gasteiger partial charge in [-0.15, -0.1) is 0 Å². The molecule has 0 radical (unpaired) electrons. The number of nitrogens with two attached hydrogens (primary N) is 1. The maximum Gasteiger partial charge on any atom is 0.138 e. The summed E-state index contributed by atoms with van der Waals surface area (Å²) < 4.78 is 0. The summed E-state index contributed by atoms with van der Waals surface area (Å²) in [7, 11) is 2.06. The van der Waals surface area contributed by atoms with Crippen LogP contribution in [-0.2, 0) is 5.41 Å². The van der Waals surface area contributed by atoms with Gasteiger partial charge in [-0.05, 0) is 12.3 Å². The molecule has 0 bridgehead atoms. The lowest BCUT2D eigenvalue weighted by atomic mass is 9.87. The fraction of sp³-hybridized carbons (Fsp3) is 0.733. The topological polar surface area (TPSA) is 55.0 Å². The second-order valence-electron chi connectivity index (χ2n) is 7.38. The first-order chi connectivity index (χ1) is 8.43. The molecule has 108 valence electrons. The van der Waals surface area contributed by atoms with Crippen LogP contribution in [0.25, 0.3) is 0 Å². The Hall–Kier alpha value is -1.32. The van der Waals surface area contributed by atoms with Gasteiger partial charge in [0.05, 0.1) is 0 Å². The second-order valence-corrected chi connectivity index (χ2v) is 7.38. The smallest absolute Gasteiger partial charge is 0.138 e. The van der Waals surface area contributed by atoms with Crippen LogP contribution in [0, 0.1) is 5.41 Å². The van der Waals surface area contributed by atoms with Crippen molar-refractivity contribution >= 4 is 11.6 Å². The van der Waals surface area contributed by atoms with Crippen LogP contribution in [0.4, 0.5) is 11.6 Å². The Morgan fingerprint density at radius 3 is 2.05 bits per heavy atom. The van der Waals surface area contributed by atoms with Crippen molar-refractivity contribution in [3.63, 3.8) is 0 Å². The van der Waals surface area contributed by atoms with Gasteiger partial charge >= 0.3 is 0 Å². The Kier molecular flexibility index (Phi) is 4.13. The van der Waals surface area contributed by atoms with E-state index in [2.05, 4.69) is 70.4 Å². The van der Waals surface area contributed by atoms with Crippen molar-refractivity contribution in [1.82, 2.24) is 9.97 Å². The summed E-state index contributed by atoms with van der Waals surface area (Å²) in [4.78, 5) is 11.2. The summed E-state index contributed by atoms with van der Waals surface area (Å²) in [6, 6.07) is 2.20. The highest BCUT2D eigenvalue weighted by molar-refractivity contribution is 5.48. The number of nitrogen functional groups attached to an aromatic ring is 1. The van der Waals surface area contributed by atoms with Crippen molar-refractivity contribution < 1.29 is 0 Å². The summed E-state index contributed by atoms with van der Waals surface area (Å²) in [5.41, 5.74) is 6.00. The van der Waals surface area contributed by atoms with Gasteiger partial charge < -0.3 is 10.6 Å². The lowest BCUT2D eigenvalue weighted by Gasteiger charge is -2.36. The van der Waals surface area contributed by atoms with E-state index < -0.39 is 0 Å². The molecule has 0 amide bonds. The highest BCUT2D eigenvalue weighted by Gasteiger charge is 2.26. The standard InChI is InChI=1S/C15H28N4/c1-10(14(2,3)4)19(8)12-9-11(16)17-13(18-12)15(5,6)7/h9-10H,1-8H3,(H2,16,17,18). The van der Waals surface area contributed by atoms with E-state index in [4.69, 9.17) is 5.73 Å². The van der Waals surface area contributed by atoms with Crippen LogP contribution >= 0.6 is 0 Å². The Labute approximate surface area is 117 Å². The number of rotatable bonds is 2. The predicted octanol–water partition coefficient (Wildman–Crippen LogP) is 3.23. The Morgan fingerprint density at radius 1 is 1.11 bits per heavy atom. The molecule has 4 heteroatoms. The normalized spacial score (nSPS) is 14.3. The summed E-state index contributed by atoms with van der Waals surface area (Å²) in [6.07, 6.45) is 0. The quantitative estimate of drug-likeness (QED) is 0.891. The molecule has 0 saturated heterocycles. The molecule has 0 aromatic carbocycles. The molecule has 0 fully saturated rings. The molecule has 0 aliphatic heterocycles. The van der Waals surface area contributed by atoms with Crippen molar-refractivity contribution in [2.45, 2.75) is 59.9 Å². The van der Waals surface area contributed by atoms with Crippen molar-refractivity contribution in [1.29, 1.82) is 0 Å². The van der Waals surface area contributed by atoms with Gasteiger partial charge in [0.1, 0.15) is 17.5 Å². The van der Waals surface area contributed by atoms with E-state index in [0.29, 0.717) is 11.9 Å². The first kappa shape index (κ1) is 15.7. The van der Waals surface area contributed by atoms with E-state index in [1.54, 1.807) is 0 Å². The highest BCUT2D eigenvalue weighted by Crippen LogP contribution is 2.28. The van der Waals surface area contributed by atoms with Crippen LogP contribution < -0.4 is 10.6 Å². The lowest BCUT2D eigenvalue weighted by Crippen LogP contribution is -2.40. The van der Waals surface area contributed by atoms with Crippen LogP contribution in [0.2, 0.25) is 0 Å². The van der Waals surface area contributed by atoms with Crippen LogP contribution in [-0.4, -0.2) is 23.1 Å². The van der Waals surface area contributed by atoms with Gasteiger partial charge in [0.15, 0.2) is 0 Å². The van der Waals surface area contributed by atoms with Gasteiger partial charge in [-0.1, -0.05) is 41.5 Å². The monoisotopic (exact) mass is 264 g/mol. The van der Waals surface area contributed by atoms with Crippen LogP contribution in [0.15, 0.2) is 6.07 Å². The molecular formula is C15H28N4. The molecule has 1 unspecified atom stereocenters. The molecule has 1 aromatic rings. The minimum atomic E-state index is -0.101. The van der Waals surface area contributed by atoms with Gasteiger partial charge in [0, 0.05) is 24.6 Å². The number of anilines is 2. The zero-order valence-corrected chi connectivity index (χ0v) is 13.6. The Balaban J connectivity index is 3.18. The first-order valence-corrected chi connectivity index (χ1v) is 6.81. The number of hydrogen-bond donors (Lipinski definition) is 1. The molecule has 1 rings (SSSR count). The average molecular weight is 264 g/mol. The van der Waals surface area contributed by atoms with Gasteiger partial charge in [0.25, 0.3) is 0 Å². The maximum absolute atomic E-state index is 5.93. The Morgan fingerprint density at radius 2 is 1.63 bits per heavy atom. The fourth-order valence-corrected chi connectivity index (χ4v) is 1.75. The van der Waals surface area contributed by atoms with Gasteiger partial charge in [0.2, 0.25) is 0 Å². The molecular weight excluding hydrogens is 236 g/mol. The summed E-state index contributed by atoms with van der Waals surface area (Å²) >= 11 is 0. The molecule has 4 nitrogen and oxygen atoms in total. The third kappa shape index (κ3) is 3.82. The molecule has 0 spiro atoms. The zero-order chi connectivity index (χ0) is 15.0. The zero-order valence-electron chi connectivity index (χ0n) is 13.6. The van der Waals surface area contributed by atoms with E-state index in [1.165, 1.54) is 0 Å². The van der Waals surface area contributed by atoms with Crippen molar-refractivity contribution in [2.75, 3.05) is 17.7 Å².